The van der Waals surface area contributed by atoms with E-state index in [1.165, 1.54) is 29.1 Å². The molecule has 1 aliphatic carbocycles. The first kappa shape index (κ1) is 13.5. The summed E-state index contributed by atoms with van der Waals surface area (Å²) < 4.78 is 5.28. The maximum absolute atomic E-state index is 10.3. The molecule has 2 aliphatic rings. The molecule has 1 aromatic heterocycles. The van der Waals surface area contributed by atoms with Gasteiger partial charge in [-0.3, -0.25) is 0 Å². The van der Waals surface area contributed by atoms with Crippen LogP contribution in [-0.2, 0) is 11.3 Å². The summed E-state index contributed by atoms with van der Waals surface area (Å²) in [6, 6.07) is 0. The van der Waals surface area contributed by atoms with Crippen molar-refractivity contribution in [2.75, 3.05) is 19.8 Å². The van der Waals surface area contributed by atoms with Gasteiger partial charge in [-0.15, -0.1) is 11.3 Å². The van der Waals surface area contributed by atoms with Crippen LogP contribution in [0.5, 0.6) is 0 Å². The van der Waals surface area contributed by atoms with Gasteiger partial charge < -0.3 is 15.2 Å². The van der Waals surface area contributed by atoms with Gasteiger partial charge in [0.25, 0.3) is 0 Å². The molecule has 2 fully saturated rings. The van der Waals surface area contributed by atoms with Crippen LogP contribution in [-0.4, -0.2) is 35.5 Å². The van der Waals surface area contributed by atoms with Crippen molar-refractivity contribution in [1.82, 2.24) is 10.3 Å². The van der Waals surface area contributed by atoms with E-state index in [4.69, 9.17) is 4.74 Å². The van der Waals surface area contributed by atoms with Crippen LogP contribution in [0.3, 0.4) is 0 Å². The number of nitrogens with zero attached hydrogens (tertiary/aromatic N) is 1. The second-order valence-electron chi connectivity index (χ2n) is 5.73. The quantitative estimate of drug-likeness (QED) is 0.868. The van der Waals surface area contributed by atoms with Crippen LogP contribution in [0.15, 0.2) is 6.20 Å². The smallest absolute Gasteiger partial charge is 0.0959 e. The van der Waals surface area contributed by atoms with Crippen molar-refractivity contribution < 1.29 is 9.84 Å². The third-order valence-electron chi connectivity index (χ3n) is 4.20. The van der Waals surface area contributed by atoms with Crippen molar-refractivity contribution in [3.63, 3.8) is 0 Å². The second-order valence-corrected chi connectivity index (χ2v) is 6.88. The molecule has 2 heterocycles. The van der Waals surface area contributed by atoms with Gasteiger partial charge in [-0.2, -0.15) is 0 Å². The van der Waals surface area contributed by atoms with Crippen LogP contribution in [0.25, 0.3) is 0 Å². The lowest BCUT2D eigenvalue weighted by Gasteiger charge is -2.32. The highest BCUT2D eigenvalue weighted by Crippen LogP contribution is 2.38. The highest BCUT2D eigenvalue weighted by atomic mass is 32.1. The molecule has 1 saturated heterocycles. The summed E-state index contributed by atoms with van der Waals surface area (Å²) in [4.78, 5) is 5.79. The number of aromatic nitrogens is 1. The Kier molecular flexibility index (Phi) is 4.17. The topological polar surface area (TPSA) is 54.4 Å². The number of hydrogen-bond acceptors (Lipinski definition) is 5. The number of aliphatic hydroxyl groups is 1. The first-order valence-electron chi connectivity index (χ1n) is 7.21. The summed E-state index contributed by atoms with van der Waals surface area (Å²) in [7, 11) is 0. The van der Waals surface area contributed by atoms with E-state index in [0.717, 1.165) is 25.3 Å². The van der Waals surface area contributed by atoms with Gasteiger partial charge in [0.05, 0.1) is 10.6 Å². The van der Waals surface area contributed by atoms with E-state index in [0.29, 0.717) is 19.8 Å². The molecule has 0 bridgehead atoms. The zero-order valence-corrected chi connectivity index (χ0v) is 12.0. The molecule has 2 N–H and O–H groups in total. The van der Waals surface area contributed by atoms with E-state index < -0.39 is 5.60 Å². The summed E-state index contributed by atoms with van der Waals surface area (Å²) >= 11 is 1.82. The Labute approximate surface area is 118 Å². The highest BCUT2D eigenvalue weighted by molar-refractivity contribution is 7.11. The number of hydrogen-bond donors (Lipinski definition) is 2. The molecule has 1 aromatic rings. The monoisotopic (exact) mass is 282 g/mol. The minimum absolute atomic E-state index is 0.584. The van der Waals surface area contributed by atoms with Gasteiger partial charge in [0.15, 0.2) is 0 Å². The van der Waals surface area contributed by atoms with Gasteiger partial charge in [-0.25, -0.2) is 4.98 Å². The molecule has 0 atom stereocenters. The van der Waals surface area contributed by atoms with Crippen molar-refractivity contribution in [2.45, 2.75) is 50.2 Å². The molecule has 1 saturated carbocycles. The Hall–Kier alpha value is -0.490. The molecule has 0 spiro atoms. The zero-order chi connectivity index (χ0) is 13.1. The summed E-state index contributed by atoms with van der Waals surface area (Å²) in [6.07, 6.45) is 7.42. The van der Waals surface area contributed by atoms with Gasteiger partial charge in [0.2, 0.25) is 0 Å². The Morgan fingerprint density at radius 2 is 2.21 bits per heavy atom. The molecule has 106 valence electrons. The van der Waals surface area contributed by atoms with Crippen molar-refractivity contribution >= 4 is 11.3 Å². The van der Waals surface area contributed by atoms with Crippen molar-refractivity contribution in [3.05, 3.63) is 16.1 Å². The Bertz CT molecular complexity index is 411. The fourth-order valence-electron chi connectivity index (χ4n) is 2.59. The largest absolute Gasteiger partial charge is 0.388 e. The van der Waals surface area contributed by atoms with Crippen LogP contribution < -0.4 is 5.32 Å². The van der Waals surface area contributed by atoms with Crippen LogP contribution in [0.1, 0.15) is 47.9 Å². The first-order valence-corrected chi connectivity index (χ1v) is 8.02. The average molecular weight is 282 g/mol. The molecule has 5 heteroatoms. The average Bonchev–Trinajstić information content (AvgIpc) is 2.76. The molecule has 3 rings (SSSR count). The fourth-order valence-corrected chi connectivity index (χ4v) is 3.65. The van der Waals surface area contributed by atoms with E-state index in [-0.39, 0.29) is 0 Å². The lowest BCUT2D eigenvalue weighted by Crippen LogP contribution is -2.44. The van der Waals surface area contributed by atoms with E-state index in [2.05, 4.69) is 10.3 Å². The second kappa shape index (κ2) is 5.87. The number of ether oxygens (including phenoxy) is 1. The standard InChI is InChI=1S/C14H22N2O2S/c17-14(4-6-18-7-5-14)10-15-8-12-9-16-13(19-12)11-2-1-3-11/h9,11,15,17H,1-8,10H2. The van der Waals surface area contributed by atoms with Crippen LogP contribution in [0, 0.1) is 0 Å². The van der Waals surface area contributed by atoms with E-state index in [1.807, 2.05) is 17.5 Å². The number of rotatable bonds is 5. The van der Waals surface area contributed by atoms with E-state index >= 15 is 0 Å². The normalized spacial score (nSPS) is 23.2. The first-order chi connectivity index (χ1) is 9.25. The number of thiazole rings is 1. The van der Waals surface area contributed by atoms with Gasteiger partial charge in [0.1, 0.15) is 0 Å². The lowest BCUT2D eigenvalue weighted by atomic mass is 9.86. The van der Waals surface area contributed by atoms with Gasteiger partial charge in [-0.1, -0.05) is 6.42 Å². The molecular weight excluding hydrogens is 260 g/mol. The van der Waals surface area contributed by atoms with Crippen molar-refractivity contribution in [3.8, 4) is 0 Å². The predicted molar refractivity (Wildman–Crippen MR) is 75.4 cm³/mol. The van der Waals surface area contributed by atoms with E-state index in [1.54, 1.807) is 0 Å². The summed E-state index contributed by atoms with van der Waals surface area (Å²) in [5.41, 5.74) is -0.584. The molecule has 0 unspecified atom stereocenters. The maximum atomic E-state index is 10.3. The lowest BCUT2D eigenvalue weighted by molar-refractivity contribution is -0.0616. The van der Waals surface area contributed by atoms with Crippen molar-refractivity contribution in [1.29, 1.82) is 0 Å². The molecule has 0 radical (unpaired) electrons. The molecular formula is C14H22N2O2S. The Morgan fingerprint density at radius 1 is 1.42 bits per heavy atom. The van der Waals surface area contributed by atoms with E-state index in [9.17, 15) is 5.11 Å². The molecule has 0 aromatic carbocycles. The van der Waals surface area contributed by atoms with Crippen molar-refractivity contribution in [2.24, 2.45) is 0 Å². The predicted octanol–water partition coefficient (Wildman–Crippen LogP) is 2.04. The van der Waals surface area contributed by atoms with Crippen LogP contribution in [0.2, 0.25) is 0 Å². The highest BCUT2D eigenvalue weighted by Gasteiger charge is 2.29. The van der Waals surface area contributed by atoms with Crippen LogP contribution >= 0.6 is 11.3 Å². The van der Waals surface area contributed by atoms with Gasteiger partial charge in [-0.05, 0) is 12.8 Å². The molecule has 4 nitrogen and oxygen atoms in total. The zero-order valence-electron chi connectivity index (χ0n) is 11.2. The van der Waals surface area contributed by atoms with Gasteiger partial charge >= 0.3 is 0 Å². The summed E-state index contributed by atoms with van der Waals surface area (Å²) in [6.45, 7) is 2.80. The summed E-state index contributed by atoms with van der Waals surface area (Å²) in [5.74, 6) is 0.721. The Balaban J connectivity index is 1.45. The minimum atomic E-state index is -0.584. The Morgan fingerprint density at radius 3 is 2.89 bits per heavy atom. The third kappa shape index (κ3) is 3.34. The fraction of sp³-hybridized carbons (Fsp3) is 0.786. The molecule has 0 amide bonds. The summed E-state index contributed by atoms with van der Waals surface area (Å²) in [5, 5.41) is 15.0. The molecule has 1 aliphatic heterocycles. The SMILES string of the molecule is OC1(CNCc2cnc(C3CCC3)s2)CCOCC1. The third-order valence-corrected chi connectivity index (χ3v) is 5.36. The molecule has 19 heavy (non-hydrogen) atoms. The van der Waals surface area contributed by atoms with Gasteiger partial charge in [0, 0.05) is 56.1 Å². The maximum Gasteiger partial charge on any atom is 0.0959 e. The van der Waals surface area contributed by atoms with Crippen LogP contribution in [0.4, 0.5) is 0 Å². The minimum Gasteiger partial charge on any atom is -0.388 e. The number of nitrogens with one attached hydrogen (secondary N) is 1.